The van der Waals surface area contributed by atoms with Crippen LogP contribution in [0.5, 0.6) is 0 Å². The Hall–Kier alpha value is -1.01. The van der Waals surface area contributed by atoms with Gasteiger partial charge in [-0.25, -0.2) is 0 Å². The minimum Gasteiger partial charge on any atom is -0.470 e. The van der Waals surface area contributed by atoms with Crippen LogP contribution < -0.4 is 4.90 Å². The van der Waals surface area contributed by atoms with E-state index in [0.29, 0.717) is 6.42 Å². The maximum Gasteiger partial charge on any atom is 0.305 e. The number of carbonyl (C=O) groups is 1. The third kappa shape index (κ3) is 4.79. The molecule has 1 aromatic rings. The first-order valence-corrected chi connectivity index (χ1v) is 6.54. The third-order valence-corrected chi connectivity index (χ3v) is 3.79. The summed E-state index contributed by atoms with van der Waals surface area (Å²) in [4.78, 5) is 12.8. The summed E-state index contributed by atoms with van der Waals surface area (Å²) in [5.74, 6) is 0.621. The van der Waals surface area contributed by atoms with Gasteiger partial charge in [0.2, 0.25) is 0 Å². The van der Waals surface area contributed by atoms with Gasteiger partial charge in [-0.15, -0.1) is 0 Å². The molecule has 0 aliphatic carbocycles. The maximum absolute atomic E-state index is 10.9. The van der Waals surface area contributed by atoms with Gasteiger partial charge < -0.3 is 14.1 Å². The third-order valence-electron chi connectivity index (χ3n) is 2.15. The fourth-order valence-corrected chi connectivity index (χ4v) is 2.25. The molecule has 17 heavy (non-hydrogen) atoms. The lowest BCUT2D eigenvalue weighted by Crippen LogP contribution is -2.21. The van der Waals surface area contributed by atoms with E-state index in [1.165, 1.54) is 7.11 Å². The average molecular weight is 273 g/mol. The summed E-state index contributed by atoms with van der Waals surface area (Å²) < 4.78 is 10.3. The molecule has 0 aromatic carbocycles. The first kappa shape index (κ1) is 14.1. The van der Waals surface area contributed by atoms with E-state index < -0.39 is 0 Å². The second-order valence-electron chi connectivity index (χ2n) is 3.33. The highest BCUT2D eigenvalue weighted by molar-refractivity contribution is 8.23. The summed E-state index contributed by atoms with van der Waals surface area (Å²) >= 11 is 6.81. The number of nitrogens with zero attached hydrogens (tertiary/aromatic N) is 1. The quantitative estimate of drug-likeness (QED) is 0.467. The van der Waals surface area contributed by atoms with E-state index in [9.17, 15) is 4.79 Å². The average Bonchev–Trinajstić information content (AvgIpc) is 2.86. The molecule has 1 aromatic heterocycles. The number of ether oxygens (including phenoxy) is 1. The molecule has 0 spiro atoms. The Morgan fingerprint density at radius 1 is 1.65 bits per heavy atom. The molecule has 0 saturated carbocycles. The normalized spacial score (nSPS) is 10.0. The molecule has 0 bridgehead atoms. The molecule has 0 unspecified atom stereocenters. The van der Waals surface area contributed by atoms with Crippen LogP contribution in [0.3, 0.4) is 0 Å². The molecule has 0 aliphatic heterocycles. The maximum atomic E-state index is 10.9. The van der Waals surface area contributed by atoms with Crippen LogP contribution in [0.4, 0.5) is 5.69 Å². The van der Waals surface area contributed by atoms with E-state index in [1.807, 2.05) is 18.0 Å². The number of methoxy groups -OCH3 is 1. The van der Waals surface area contributed by atoms with Crippen LogP contribution in [0.25, 0.3) is 0 Å². The zero-order chi connectivity index (χ0) is 12.7. The van der Waals surface area contributed by atoms with Crippen LogP contribution in [0, 0.1) is 0 Å². The summed E-state index contributed by atoms with van der Waals surface area (Å²) in [5, 5.41) is 0. The minimum absolute atomic E-state index is 0.181. The van der Waals surface area contributed by atoms with Crippen LogP contribution in [-0.4, -0.2) is 30.2 Å². The van der Waals surface area contributed by atoms with E-state index >= 15 is 0 Å². The van der Waals surface area contributed by atoms with Crippen molar-refractivity contribution < 1.29 is 13.9 Å². The Bertz CT molecular complexity index is 365. The number of esters is 1. The zero-order valence-corrected chi connectivity index (χ0v) is 11.5. The molecule has 0 saturated heterocycles. The Labute approximate surface area is 110 Å². The number of thioether (sulfide) groups is 1. The van der Waals surface area contributed by atoms with Crippen molar-refractivity contribution in [3.63, 3.8) is 0 Å². The van der Waals surface area contributed by atoms with Gasteiger partial charge in [0.05, 0.1) is 19.1 Å². The van der Waals surface area contributed by atoms with E-state index in [-0.39, 0.29) is 5.97 Å². The van der Waals surface area contributed by atoms with Gasteiger partial charge in [-0.05, 0) is 6.42 Å². The molecule has 0 aliphatic rings. The lowest BCUT2D eigenvalue weighted by molar-refractivity contribution is -0.140. The SMILES string of the molecule is COC(=O)CCCSC(=S)N(C)c1ccoc1. The predicted molar refractivity (Wildman–Crippen MR) is 73.4 cm³/mol. The summed E-state index contributed by atoms with van der Waals surface area (Å²) in [6.45, 7) is 0. The van der Waals surface area contributed by atoms with E-state index in [1.54, 1.807) is 24.3 Å². The van der Waals surface area contributed by atoms with E-state index in [0.717, 1.165) is 22.2 Å². The van der Waals surface area contributed by atoms with Gasteiger partial charge in [0, 0.05) is 25.3 Å². The molecule has 1 rings (SSSR count). The van der Waals surface area contributed by atoms with Crippen molar-refractivity contribution in [2.24, 2.45) is 0 Å². The highest BCUT2D eigenvalue weighted by atomic mass is 32.2. The number of thiocarbonyl (C=S) groups is 1. The summed E-state index contributed by atoms with van der Waals surface area (Å²) in [6, 6.07) is 1.85. The van der Waals surface area contributed by atoms with Gasteiger partial charge in [0.15, 0.2) is 0 Å². The number of hydrogen-bond donors (Lipinski definition) is 0. The minimum atomic E-state index is -0.181. The van der Waals surface area contributed by atoms with Crippen molar-refractivity contribution in [2.75, 3.05) is 24.8 Å². The number of rotatable bonds is 5. The van der Waals surface area contributed by atoms with E-state index in [2.05, 4.69) is 4.74 Å². The highest BCUT2D eigenvalue weighted by Crippen LogP contribution is 2.19. The lowest BCUT2D eigenvalue weighted by atomic mass is 10.3. The monoisotopic (exact) mass is 273 g/mol. The van der Waals surface area contributed by atoms with Crippen LogP contribution in [0.2, 0.25) is 0 Å². The topological polar surface area (TPSA) is 42.7 Å². The largest absolute Gasteiger partial charge is 0.470 e. The second kappa shape index (κ2) is 7.34. The van der Waals surface area contributed by atoms with Crippen molar-refractivity contribution >= 4 is 40.0 Å². The standard InChI is InChI=1S/C11H15NO3S2/c1-12(9-5-6-15-8-9)11(16)17-7-3-4-10(13)14-2/h5-6,8H,3-4,7H2,1-2H3. The summed E-state index contributed by atoms with van der Waals surface area (Å²) in [5.41, 5.74) is 0.926. The van der Waals surface area contributed by atoms with Gasteiger partial charge in [0.1, 0.15) is 10.6 Å². The Kier molecular flexibility index (Phi) is 6.07. The van der Waals surface area contributed by atoms with Gasteiger partial charge in [-0.1, -0.05) is 24.0 Å². The molecule has 0 amide bonds. The summed E-state index contributed by atoms with van der Waals surface area (Å²) in [7, 11) is 3.29. The Morgan fingerprint density at radius 3 is 3.00 bits per heavy atom. The summed E-state index contributed by atoms with van der Waals surface area (Å²) in [6.07, 6.45) is 4.44. The van der Waals surface area contributed by atoms with Crippen LogP contribution >= 0.6 is 24.0 Å². The van der Waals surface area contributed by atoms with Gasteiger partial charge >= 0.3 is 5.97 Å². The van der Waals surface area contributed by atoms with Crippen LogP contribution in [-0.2, 0) is 9.53 Å². The van der Waals surface area contributed by atoms with Gasteiger partial charge in [0.25, 0.3) is 0 Å². The Morgan fingerprint density at radius 2 is 2.41 bits per heavy atom. The fourth-order valence-electron chi connectivity index (χ4n) is 1.13. The molecular weight excluding hydrogens is 258 g/mol. The molecule has 1 heterocycles. The molecule has 6 heteroatoms. The number of hydrogen-bond acceptors (Lipinski definition) is 5. The van der Waals surface area contributed by atoms with Crippen LogP contribution in [0.1, 0.15) is 12.8 Å². The fraction of sp³-hybridized carbons (Fsp3) is 0.455. The molecule has 94 valence electrons. The van der Waals surface area contributed by atoms with Gasteiger partial charge in [-0.2, -0.15) is 0 Å². The molecule has 0 atom stereocenters. The van der Waals surface area contributed by atoms with Crippen LogP contribution in [0.15, 0.2) is 23.0 Å². The smallest absolute Gasteiger partial charge is 0.305 e. The van der Waals surface area contributed by atoms with Crippen molar-refractivity contribution in [3.8, 4) is 0 Å². The molecule has 0 radical (unpaired) electrons. The number of furan rings is 1. The first-order valence-electron chi connectivity index (χ1n) is 5.14. The Balaban J connectivity index is 2.23. The molecule has 0 fully saturated rings. The highest BCUT2D eigenvalue weighted by Gasteiger charge is 2.09. The van der Waals surface area contributed by atoms with Crippen molar-refractivity contribution in [1.29, 1.82) is 0 Å². The molecule has 0 N–H and O–H groups in total. The zero-order valence-electron chi connectivity index (χ0n) is 9.84. The van der Waals surface area contributed by atoms with Crippen molar-refractivity contribution in [1.82, 2.24) is 0 Å². The number of carbonyl (C=O) groups excluding carboxylic acids is 1. The number of anilines is 1. The molecule has 4 nitrogen and oxygen atoms in total. The molecular formula is C11H15NO3S2. The van der Waals surface area contributed by atoms with Crippen molar-refractivity contribution in [3.05, 3.63) is 18.6 Å². The first-order chi connectivity index (χ1) is 8.15. The predicted octanol–water partition coefficient (Wildman–Crippen LogP) is 2.69. The lowest BCUT2D eigenvalue weighted by Gasteiger charge is -2.16. The van der Waals surface area contributed by atoms with E-state index in [4.69, 9.17) is 16.6 Å². The van der Waals surface area contributed by atoms with Gasteiger partial charge in [-0.3, -0.25) is 4.79 Å². The second-order valence-corrected chi connectivity index (χ2v) is 5.06. The van der Waals surface area contributed by atoms with Crippen molar-refractivity contribution in [2.45, 2.75) is 12.8 Å².